The second-order valence-corrected chi connectivity index (χ2v) is 6.29. The van der Waals surface area contributed by atoms with Gasteiger partial charge in [-0.25, -0.2) is 0 Å². The van der Waals surface area contributed by atoms with Gasteiger partial charge in [-0.3, -0.25) is 9.89 Å². The van der Waals surface area contributed by atoms with E-state index in [0.29, 0.717) is 5.56 Å². The Morgan fingerprint density at radius 3 is 2.83 bits per heavy atom. The van der Waals surface area contributed by atoms with E-state index in [1.54, 1.807) is 6.20 Å². The zero-order chi connectivity index (χ0) is 16.5. The molecule has 0 spiro atoms. The number of fused-ring (bicyclic) bond motifs is 1. The van der Waals surface area contributed by atoms with Crippen molar-refractivity contribution >= 4 is 28.2 Å². The molecule has 1 amide bonds. The molecule has 2 heterocycles. The van der Waals surface area contributed by atoms with Gasteiger partial charge in [0.05, 0.1) is 17.3 Å². The van der Waals surface area contributed by atoms with Gasteiger partial charge in [-0.05, 0) is 49.6 Å². The lowest BCUT2D eigenvalue weighted by Gasteiger charge is -2.19. The summed E-state index contributed by atoms with van der Waals surface area (Å²) in [7, 11) is 0. The Hall–Kier alpha value is -2.82. The average Bonchev–Trinajstić information content (AvgIpc) is 3.27. The number of nitrogens with zero attached hydrogens (tertiary/aromatic N) is 2. The van der Waals surface area contributed by atoms with Gasteiger partial charge in [0.15, 0.2) is 0 Å². The summed E-state index contributed by atoms with van der Waals surface area (Å²) >= 11 is 0. The zero-order valence-electron chi connectivity index (χ0n) is 13.7. The highest BCUT2D eigenvalue weighted by Gasteiger charge is 2.15. The van der Waals surface area contributed by atoms with Crippen molar-refractivity contribution in [3.05, 3.63) is 53.7 Å². The lowest BCUT2D eigenvalue weighted by Crippen LogP contribution is -2.18. The van der Waals surface area contributed by atoms with Gasteiger partial charge in [0, 0.05) is 29.9 Å². The molecule has 1 aliphatic heterocycles. The summed E-state index contributed by atoms with van der Waals surface area (Å²) in [6.07, 6.45) is 4.24. The van der Waals surface area contributed by atoms with E-state index in [2.05, 4.69) is 32.5 Å². The molecule has 5 nitrogen and oxygen atoms in total. The monoisotopic (exact) mass is 320 g/mol. The SMILES string of the molecule is Cc1cc(N2CCCC2)ccc1NC(=O)c1cccc2cn[nH]c12. The third kappa shape index (κ3) is 2.62. The predicted octanol–water partition coefficient (Wildman–Crippen LogP) is 3.72. The first-order valence-electron chi connectivity index (χ1n) is 8.31. The van der Waals surface area contributed by atoms with Crippen molar-refractivity contribution in [1.29, 1.82) is 0 Å². The number of hydrogen-bond acceptors (Lipinski definition) is 3. The quantitative estimate of drug-likeness (QED) is 0.773. The Labute approximate surface area is 140 Å². The van der Waals surface area contributed by atoms with Gasteiger partial charge in [-0.1, -0.05) is 12.1 Å². The first-order valence-corrected chi connectivity index (χ1v) is 8.31. The van der Waals surface area contributed by atoms with Gasteiger partial charge in [0.1, 0.15) is 0 Å². The van der Waals surface area contributed by atoms with Crippen LogP contribution in [0.15, 0.2) is 42.6 Å². The van der Waals surface area contributed by atoms with Crippen molar-refractivity contribution in [1.82, 2.24) is 10.2 Å². The molecule has 4 rings (SSSR count). The molecular formula is C19H20N4O. The summed E-state index contributed by atoms with van der Waals surface area (Å²) in [5, 5.41) is 10.9. The van der Waals surface area contributed by atoms with Crippen LogP contribution < -0.4 is 10.2 Å². The van der Waals surface area contributed by atoms with Crippen LogP contribution in [0.3, 0.4) is 0 Å². The number of aromatic amines is 1. The summed E-state index contributed by atoms with van der Waals surface area (Å²) in [6.45, 7) is 4.27. The maximum Gasteiger partial charge on any atom is 0.257 e. The van der Waals surface area contributed by atoms with Crippen molar-refractivity contribution < 1.29 is 4.79 Å². The van der Waals surface area contributed by atoms with Gasteiger partial charge in [0.25, 0.3) is 5.91 Å². The normalized spacial score (nSPS) is 14.3. The number of aryl methyl sites for hydroxylation is 1. The topological polar surface area (TPSA) is 61.0 Å². The van der Waals surface area contributed by atoms with Crippen LogP contribution in [0.4, 0.5) is 11.4 Å². The van der Waals surface area contributed by atoms with Gasteiger partial charge >= 0.3 is 0 Å². The number of benzene rings is 2. The van der Waals surface area contributed by atoms with Crippen molar-refractivity contribution in [2.24, 2.45) is 0 Å². The largest absolute Gasteiger partial charge is 0.372 e. The number of rotatable bonds is 3. The minimum atomic E-state index is -0.123. The number of hydrogen-bond donors (Lipinski definition) is 2. The highest BCUT2D eigenvalue weighted by atomic mass is 16.1. The van der Waals surface area contributed by atoms with Crippen LogP contribution in [0.25, 0.3) is 10.9 Å². The van der Waals surface area contributed by atoms with E-state index in [0.717, 1.165) is 35.2 Å². The molecule has 0 radical (unpaired) electrons. The molecule has 0 aliphatic carbocycles. The summed E-state index contributed by atoms with van der Waals surface area (Å²) in [5.41, 5.74) is 4.53. The Bertz CT molecular complexity index is 893. The Morgan fingerprint density at radius 2 is 2.04 bits per heavy atom. The number of carbonyl (C=O) groups is 1. The number of para-hydroxylation sites is 1. The van der Waals surface area contributed by atoms with Gasteiger partial charge in [-0.2, -0.15) is 5.10 Å². The fraction of sp³-hybridized carbons (Fsp3) is 0.263. The number of H-pyrrole nitrogens is 1. The van der Waals surface area contributed by atoms with E-state index >= 15 is 0 Å². The van der Waals surface area contributed by atoms with E-state index in [9.17, 15) is 4.79 Å². The maximum atomic E-state index is 12.7. The molecule has 0 unspecified atom stereocenters. The van der Waals surface area contributed by atoms with Crippen molar-refractivity contribution in [2.75, 3.05) is 23.3 Å². The number of carbonyl (C=O) groups excluding carboxylic acids is 1. The molecule has 2 N–H and O–H groups in total. The van der Waals surface area contributed by atoms with E-state index in [-0.39, 0.29) is 5.91 Å². The van der Waals surface area contributed by atoms with Crippen molar-refractivity contribution in [2.45, 2.75) is 19.8 Å². The third-order valence-corrected chi connectivity index (χ3v) is 4.65. The molecule has 1 aromatic heterocycles. The molecule has 5 heteroatoms. The standard InChI is InChI=1S/C19H20N4O/c1-13-11-15(23-9-2-3-10-23)7-8-17(13)21-19(24)16-6-4-5-14-12-20-22-18(14)16/h4-8,11-12H,2-3,9-10H2,1H3,(H,20,22)(H,21,24). The molecule has 1 fully saturated rings. The van der Waals surface area contributed by atoms with E-state index in [1.165, 1.54) is 18.5 Å². The molecule has 0 bridgehead atoms. The lowest BCUT2D eigenvalue weighted by atomic mass is 10.1. The van der Waals surface area contributed by atoms with Crippen LogP contribution in [0.1, 0.15) is 28.8 Å². The summed E-state index contributed by atoms with van der Waals surface area (Å²) in [4.78, 5) is 15.0. The van der Waals surface area contributed by atoms with Crippen LogP contribution in [-0.4, -0.2) is 29.2 Å². The van der Waals surface area contributed by atoms with Crippen LogP contribution in [0.2, 0.25) is 0 Å². The lowest BCUT2D eigenvalue weighted by molar-refractivity contribution is 0.102. The summed E-state index contributed by atoms with van der Waals surface area (Å²) in [6, 6.07) is 11.8. The molecule has 3 aromatic rings. The second-order valence-electron chi connectivity index (χ2n) is 6.29. The molecule has 2 aromatic carbocycles. The van der Waals surface area contributed by atoms with Crippen LogP contribution in [0.5, 0.6) is 0 Å². The highest BCUT2D eigenvalue weighted by molar-refractivity contribution is 6.12. The molecule has 0 atom stereocenters. The highest BCUT2D eigenvalue weighted by Crippen LogP contribution is 2.26. The number of nitrogens with one attached hydrogen (secondary N) is 2. The van der Waals surface area contributed by atoms with Gasteiger partial charge in [-0.15, -0.1) is 0 Å². The van der Waals surface area contributed by atoms with Crippen LogP contribution in [0, 0.1) is 6.92 Å². The second kappa shape index (κ2) is 6.00. The summed E-state index contributed by atoms with van der Waals surface area (Å²) in [5.74, 6) is -0.123. The first kappa shape index (κ1) is 14.8. The smallest absolute Gasteiger partial charge is 0.257 e. The Kier molecular flexibility index (Phi) is 3.69. The molecule has 0 saturated carbocycles. The minimum Gasteiger partial charge on any atom is -0.372 e. The van der Waals surface area contributed by atoms with Gasteiger partial charge in [0.2, 0.25) is 0 Å². The van der Waals surface area contributed by atoms with E-state index < -0.39 is 0 Å². The molecular weight excluding hydrogens is 300 g/mol. The minimum absolute atomic E-state index is 0.123. The molecule has 1 saturated heterocycles. The van der Waals surface area contributed by atoms with Crippen molar-refractivity contribution in [3.63, 3.8) is 0 Å². The van der Waals surface area contributed by atoms with Crippen LogP contribution in [-0.2, 0) is 0 Å². The Morgan fingerprint density at radius 1 is 1.21 bits per heavy atom. The maximum absolute atomic E-state index is 12.7. The number of aromatic nitrogens is 2. The Balaban J connectivity index is 1.58. The molecule has 24 heavy (non-hydrogen) atoms. The van der Waals surface area contributed by atoms with E-state index in [1.807, 2.05) is 31.2 Å². The van der Waals surface area contributed by atoms with Crippen LogP contribution >= 0.6 is 0 Å². The number of anilines is 2. The fourth-order valence-corrected chi connectivity index (χ4v) is 3.31. The molecule has 122 valence electrons. The predicted molar refractivity (Wildman–Crippen MR) is 96.7 cm³/mol. The molecule has 1 aliphatic rings. The van der Waals surface area contributed by atoms with Gasteiger partial charge < -0.3 is 10.2 Å². The van der Waals surface area contributed by atoms with Crippen molar-refractivity contribution in [3.8, 4) is 0 Å². The fourth-order valence-electron chi connectivity index (χ4n) is 3.31. The average molecular weight is 320 g/mol. The van der Waals surface area contributed by atoms with E-state index in [4.69, 9.17) is 0 Å². The number of amides is 1. The first-order chi connectivity index (χ1) is 11.7. The third-order valence-electron chi connectivity index (χ3n) is 4.65. The zero-order valence-corrected chi connectivity index (χ0v) is 13.7. The summed E-state index contributed by atoms with van der Waals surface area (Å²) < 4.78 is 0.